The van der Waals surface area contributed by atoms with Crippen LogP contribution in [0.25, 0.3) is 0 Å². The summed E-state index contributed by atoms with van der Waals surface area (Å²) >= 11 is 0. The molecule has 1 atom stereocenters. The Balaban J connectivity index is 1.65. The highest BCUT2D eigenvalue weighted by atomic mass is 16.5. The van der Waals surface area contributed by atoms with Crippen LogP contribution < -0.4 is 5.32 Å². The monoisotopic (exact) mass is 359 g/mol. The number of nitrogens with one attached hydrogen (secondary N) is 1. The molecule has 27 heavy (non-hydrogen) atoms. The zero-order valence-corrected chi connectivity index (χ0v) is 14.9. The number of benzene rings is 2. The maximum absolute atomic E-state index is 12.6. The lowest BCUT2D eigenvalue weighted by Gasteiger charge is -2.36. The molecule has 1 aromatic heterocycles. The largest absolute Gasteiger partial charge is 0.369 e. The first kappa shape index (κ1) is 17.2. The van der Waals surface area contributed by atoms with Gasteiger partial charge in [0.25, 0.3) is 0 Å². The van der Waals surface area contributed by atoms with Crippen molar-refractivity contribution in [2.75, 3.05) is 18.5 Å². The van der Waals surface area contributed by atoms with Gasteiger partial charge in [-0.25, -0.2) is 0 Å². The topological polar surface area (TPSA) is 54.5 Å². The average molecular weight is 359 g/mol. The van der Waals surface area contributed by atoms with Gasteiger partial charge in [-0.2, -0.15) is 0 Å². The summed E-state index contributed by atoms with van der Waals surface area (Å²) in [5.41, 5.74) is 3.96. The highest BCUT2D eigenvalue weighted by Crippen LogP contribution is 2.32. The number of nitrogens with zero attached hydrogens (tertiary/aromatic N) is 2. The van der Waals surface area contributed by atoms with Gasteiger partial charge in [0.2, 0.25) is 5.91 Å². The summed E-state index contributed by atoms with van der Waals surface area (Å²) in [5, 5.41) is 3.44. The van der Waals surface area contributed by atoms with Crippen LogP contribution in [0.4, 0.5) is 11.4 Å². The third-order valence-corrected chi connectivity index (χ3v) is 4.66. The van der Waals surface area contributed by atoms with Crippen LogP contribution in [0.2, 0.25) is 0 Å². The number of amides is 1. The molecule has 2 heterocycles. The fraction of sp³-hybridized carbons (Fsp3) is 0.182. The van der Waals surface area contributed by atoms with Gasteiger partial charge in [-0.3, -0.25) is 9.78 Å². The van der Waals surface area contributed by atoms with E-state index in [1.807, 2.05) is 77.8 Å². The summed E-state index contributed by atoms with van der Waals surface area (Å²) in [6.07, 6.45) is 3.57. The van der Waals surface area contributed by atoms with Gasteiger partial charge in [-0.1, -0.05) is 48.5 Å². The molecule has 0 aliphatic carbocycles. The first-order chi connectivity index (χ1) is 13.3. The van der Waals surface area contributed by atoms with Crippen LogP contribution in [-0.2, 0) is 16.1 Å². The SMILES string of the molecule is O=C1COCC(c2cnccc2Nc2ccccc2)N1Cc1ccccc1. The van der Waals surface area contributed by atoms with E-state index in [-0.39, 0.29) is 18.6 Å². The number of morpholine rings is 1. The van der Waals surface area contributed by atoms with E-state index in [1.54, 1.807) is 6.20 Å². The lowest BCUT2D eigenvalue weighted by molar-refractivity contribution is -0.149. The molecular weight excluding hydrogens is 338 g/mol. The van der Waals surface area contributed by atoms with Crippen molar-refractivity contribution in [2.24, 2.45) is 0 Å². The third kappa shape index (κ3) is 3.99. The molecule has 1 aliphatic heterocycles. The van der Waals surface area contributed by atoms with Crippen molar-refractivity contribution >= 4 is 17.3 Å². The predicted octanol–water partition coefficient (Wildman–Crippen LogP) is 3.93. The van der Waals surface area contributed by atoms with Crippen molar-refractivity contribution in [1.29, 1.82) is 0 Å². The number of hydrogen-bond acceptors (Lipinski definition) is 4. The van der Waals surface area contributed by atoms with Crippen LogP contribution in [0, 0.1) is 0 Å². The third-order valence-electron chi connectivity index (χ3n) is 4.66. The van der Waals surface area contributed by atoms with E-state index < -0.39 is 0 Å². The zero-order chi connectivity index (χ0) is 18.5. The molecule has 3 aromatic rings. The second-order valence-corrected chi connectivity index (χ2v) is 6.49. The molecule has 1 N–H and O–H groups in total. The molecule has 0 radical (unpaired) electrons. The van der Waals surface area contributed by atoms with Crippen LogP contribution in [0.15, 0.2) is 79.1 Å². The maximum atomic E-state index is 12.6. The van der Waals surface area contributed by atoms with Gasteiger partial charge in [-0.05, 0) is 23.8 Å². The highest BCUT2D eigenvalue weighted by Gasteiger charge is 2.31. The Morgan fingerprint density at radius 2 is 1.78 bits per heavy atom. The first-order valence-electron chi connectivity index (χ1n) is 8.98. The summed E-state index contributed by atoms with van der Waals surface area (Å²) in [6, 6.07) is 21.7. The Bertz CT molecular complexity index is 900. The van der Waals surface area contributed by atoms with Crippen molar-refractivity contribution in [3.63, 3.8) is 0 Å². The van der Waals surface area contributed by atoms with Crippen LogP contribution in [0.3, 0.4) is 0 Å². The Morgan fingerprint density at radius 1 is 1.04 bits per heavy atom. The number of carbonyl (C=O) groups is 1. The number of hydrogen-bond donors (Lipinski definition) is 1. The molecule has 0 saturated carbocycles. The van der Waals surface area contributed by atoms with E-state index in [2.05, 4.69) is 10.3 Å². The second-order valence-electron chi connectivity index (χ2n) is 6.49. The van der Waals surface area contributed by atoms with E-state index in [4.69, 9.17) is 4.74 Å². The number of aromatic nitrogens is 1. The van der Waals surface area contributed by atoms with Gasteiger partial charge in [0, 0.05) is 35.9 Å². The normalized spacial score (nSPS) is 17.0. The van der Waals surface area contributed by atoms with Crippen molar-refractivity contribution in [3.8, 4) is 0 Å². The van der Waals surface area contributed by atoms with Crippen molar-refractivity contribution in [2.45, 2.75) is 12.6 Å². The van der Waals surface area contributed by atoms with Crippen molar-refractivity contribution in [3.05, 3.63) is 90.3 Å². The minimum atomic E-state index is -0.189. The summed E-state index contributed by atoms with van der Waals surface area (Å²) in [6.45, 7) is 1.12. The van der Waals surface area contributed by atoms with Gasteiger partial charge in [0.05, 0.1) is 12.6 Å². The highest BCUT2D eigenvalue weighted by molar-refractivity contribution is 5.79. The lowest BCUT2D eigenvalue weighted by Crippen LogP contribution is -2.43. The second kappa shape index (κ2) is 8.01. The molecule has 2 aromatic carbocycles. The number of ether oxygens (including phenoxy) is 1. The van der Waals surface area contributed by atoms with Crippen LogP contribution in [-0.4, -0.2) is 29.0 Å². The van der Waals surface area contributed by atoms with Gasteiger partial charge >= 0.3 is 0 Å². The molecule has 1 amide bonds. The summed E-state index contributed by atoms with van der Waals surface area (Å²) in [7, 11) is 0. The molecule has 5 heteroatoms. The van der Waals surface area contributed by atoms with Crippen LogP contribution in [0.1, 0.15) is 17.2 Å². The smallest absolute Gasteiger partial charge is 0.249 e. The molecular formula is C22H21N3O2. The van der Waals surface area contributed by atoms with Gasteiger partial charge < -0.3 is 15.0 Å². The standard InChI is InChI=1S/C22H21N3O2/c26-22-16-27-15-21(25(22)14-17-7-3-1-4-8-17)19-13-23-12-11-20(19)24-18-9-5-2-6-10-18/h1-13,21H,14-16H2,(H,23,24). The molecule has 4 rings (SSSR count). The Morgan fingerprint density at radius 3 is 2.56 bits per heavy atom. The molecule has 5 nitrogen and oxygen atoms in total. The Labute approximate surface area is 158 Å². The molecule has 136 valence electrons. The molecule has 1 unspecified atom stereocenters. The minimum Gasteiger partial charge on any atom is -0.369 e. The minimum absolute atomic E-state index is 0.00961. The number of carbonyl (C=O) groups excluding carboxylic acids is 1. The Hall–Kier alpha value is -3.18. The lowest BCUT2D eigenvalue weighted by atomic mass is 10.0. The van der Waals surface area contributed by atoms with Crippen LogP contribution in [0.5, 0.6) is 0 Å². The molecule has 1 saturated heterocycles. The predicted molar refractivity (Wildman–Crippen MR) is 105 cm³/mol. The molecule has 1 fully saturated rings. The maximum Gasteiger partial charge on any atom is 0.249 e. The molecule has 0 bridgehead atoms. The van der Waals surface area contributed by atoms with Gasteiger partial charge in [-0.15, -0.1) is 0 Å². The van der Waals surface area contributed by atoms with E-state index in [9.17, 15) is 4.79 Å². The van der Waals surface area contributed by atoms with E-state index >= 15 is 0 Å². The number of rotatable bonds is 5. The van der Waals surface area contributed by atoms with Crippen LogP contribution >= 0.6 is 0 Å². The quantitative estimate of drug-likeness (QED) is 0.750. The van der Waals surface area contributed by atoms with E-state index in [0.29, 0.717) is 13.2 Å². The fourth-order valence-electron chi connectivity index (χ4n) is 3.30. The summed E-state index contributed by atoms with van der Waals surface area (Å²) < 4.78 is 5.58. The molecule has 0 spiro atoms. The Kier molecular flexibility index (Phi) is 5.12. The van der Waals surface area contributed by atoms with Crippen molar-refractivity contribution in [1.82, 2.24) is 9.88 Å². The number of para-hydroxylation sites is 1. The first-order valence-corrected chi connectivity index (χ1v) is 8.98. The van der Waals surface area contributed by atoms with Gasteiger partial charge in [0.1, 0.15) is 6.61 Å². The average Bonchev–Trinajstić information content (AvgIpc) is 2.72. The summed E-state index contributed by atoms with van der Waals surface area (Å²) in [4.78, 5) is 18.8. The number of pyridine rings is 1. The van der Waals surface area contributed by atoms with E-state index in [1.165, 1.54) is 0 Å². The molecule has 1 aliphatic rings. The zero-order valence-electron chi connectivity index (χ0n) is 14.9. The fourth-order valence-corrected chi connectivity index (χ4v) is 3.30. The van der Waals surface area contributed by atoms with Crippen molar-refractivity contribution < 1.29 is 9.53 Å². The summed E-state index contributed by atoms with van der Waals surface area (Å²) in [5.74, 6) is -0.00961. The van der Waals surface area contributed by atoms with Gasteiger partial charge in [0.15, 0.2) is 0 Å². The number of anilines is 2. The van der Waals surface area contributed by atoms with E-state index in [0.717, 1.165) is 22.5 Å².